The van der Waals surface area contributed by atoms with E-state index in [2.05, 4.69) is 38.1 Å². The van der Waals surface area contributed by atoms with Crippen LogP contribution in [0.3, 0.4) is 0 Å². The molecule has 0 aliphatic heterocycles. The molecule has 0 aliphatic rings. The van der Waals surface area contributed by atoms with E-state index in [1.165, 1.54) is 11.1 Å². The third-order valence-electron chi connectivity index (χ3n) is 2.13. The standard InChI is InChI=1S/C9H12N.C3H7O.2ClH.Sn/c1-7-5-3-4-6-9(7)8(2)10;1-3(2)4;;;/h3-6,8H,1,10H2,2H3;3H,1-2H3;2*1H;/q;-1;;;+3/p-2. The largest absolute Gasteiger partial charge is 1.00 e. The van der Waals surface area contributed by atoms with Crippen LogP contribution >= 0.6 is 0 Å². The summed E-state index contributed by atoms with van der Waals surface area (Å²) >= 11 is -0.714. The van der Waals surface area contributed by atoms with Crippen molar-refractivity contribution < 1.29 is 27.9 Å². The first-order valence-electron chi connectivity index (χ1n) is 5.33. The molecule has 0 radical (unpaired) electrons. The minimum absolute atomic E-state index is 0. The van der Waals surface area contributed by atoms with E-state index in [1.54, 1.807) is 0 Å². The molecule has 0 heterocycles. The zero-order chi connectivity index (χ0) is 11.3. The van der Waals surface area contributed by atoms with Crippen molar-refractivity contribution >= 4 is 21.6 Å². The molecular formula is C12H19Cl2NOSn. The smallest absolute Gasteiger partial charge is 1.00 e. The van der Waals surface area contributed by atoms with Crippen LogP contribution in [0.4, 0.5) is 0 Å². The zero-order valence-electron chi connectivity index (χ0n) is 10.4. The summed E-state index contributed by atoms with van der Waals surface area (Å²) in [5, 5.41) is 0. The number of nitrogens with two attached hydrogens (primary N) is 1. The van der Waals surface area contributed by atoms with Gasteiger partial charge in [0.2, 0.25) is 0 Å². The molecule has 0 saturated heterocycles. The van der Waals surface area contributed by atoms with Gasteiger partial charge in [-0.25, -0.2) is 0 Å². The van der Waals surface area contributed by atoms with Gasteiger partial charge in [0.05, 0.1) is 0 Å². The fourth-order valence-electron chi connectivity index (χ4n) is 1.43. The molecule has 17 heavy (non-hydrogen) atoms. The van der Waals surface area contributed by atoms with Crippen LogP contribution in [0.15, 0.2) is 24.3 Å². The molecule has 0 spiro atoms. The number of benzene rings is 1. The second kappa shape index (κ2) is 10.4. The van der Waals surface area contributed by atoms with Crippen LogP contribution in [0.1, 0.15) is 37.9 Å². The van der Waals surface area contributed by atoms with Crippen molar-refractivity contribution in [3.05, 3.63) is 35.4 Å². The van der Waals surface area contributed by atoms with Crippen LogP contribution in [0.2, 0.25) is 0 Å². The molecule has 0 amide bonds. The summed E-state index contributed by atoms with van der Waals surface area (Å²) in [6, 6.07) is 8.55. The molecule has 1 rings (SSSR count). The molecule has 0 bridgehead atoms. The van der Waals surface area contributed by atoms with Crippen LogP contribution < -0.4 is 30.5 Å². The van der Waals surface area contributed by atoms with Gasteiger partial charge < -0.3 is 24.8 Å². The Labute approximate surface area is 127 Å². The molecule has 1 aromatic carbocycles. The molecule has 96 valence electrons. The first kappa shape index (κ1) is 19.8. The maximum Gasteiger partial charge on any atom is -1.00 e. The van der Waals surface area contributed by atoms with Crippen molar-refractivity contribution in [3.63, 3.8) is 0 Å². The van der Waals surface area contributed by atoms with Crippen LogP contribution in [-0.2, 0) is 7.51 Å². The SMILES string of the molecule is CC(C)[O][Sn+2][CH2]c1ccccc1C(C)N.[Cl-].[Cl-]. The first-order valence-corrected chi connectivity index (χ1v) is 8.51. The van der Waals surface area contributed by atoms with Gasteiger partial charge in [-0.2, -0.15) is 0 Å². The average molecular weight is 383 g/mol. The van der Waals surface area contributed by atoms with E-state index < -0.39 is 21.6 Å². The van der Waals surface area contributed by atoms with Crippen LogP contribution in [0.5, 0.6) is 0 Å². The quantitative estimate of drug-likeness (QED) is 0.531. The van der Waals surface area contributed by atoms with Crippen molar-refractivity contribution in [2.75, 3.05) is 0 Å². The molecule has 0 saturated carbocycles. The molecule has 0 aromatic heterocycles. The Morgan fingerprint density at radius 1 is 1.18 bits per heavy atom. The minimum Gasteiger partial charge on any atom is -1.00 e. The molecule has 1 aromatic rings. The molecule has 2 N–H and O–H groups in total. The Bertz CT molecular complexity index is 308. The minimum atomic E-state index is -0.714. The van der Waals surface area contributed by atoms with Crippen molar-refractivity contribution in [2.24, 2.45) is 5.73 Å². The van der Waals surface area contributed by atoms with E-state index in [4.69, 9.17) is 8.81 Å². The Kier molecular flexibility index (Phi) is 12.2. The van der Waals surface area contributed by atoms with E-state index in [1.807, 2.05) is 6.92 Å². The van der Waals surface area contributed by atoms with Crippen molar-refractivity contribution in [3.8, 4) is 0 Å². The van der Waals surface area contributed by atoms with Gasteiger partial charge in [0.25, 0.3) is 0 Å². The van der Waals surface area contributed by atoms with Crippen LogP contribution in [0.25, 0.3) is 0 Å². The first-order chi connectivity index (χ1) is 7.11. The van der Waals surface area contributed by atoms with E-state index in [0.717, 1.165) is 4.44 Å². The summed E-state index contributed by atoms with van der Waals surface area (Å²) < 4.78 is 6.82. The van der Waals surface area contributed by atoms with Gasteiger partial charge in [0.1, 0.15) is 0 Å². The van der Waals surface area contributed by atoms with Gasteiger partial charge in [-0.3, -0.25) is 0 Å². The molecule has 1 unspecified atom stereocenters. The predicted octanol–water partition coefficient (Wildman–Crippen LogP) is -3.74. The van der Waals surface area contributed by atoms with Crippen LogP contribution in [-0.4, -0.2) is 27.7 Å². The molecule has 2 nitrogen and oxygen atoms in total. The molecule has 0 aliphatic carbocycles. The Hall–Kier alpha value is 0.519. The summed E-state index contributed by atoms with van der Waals surface area (Å²) in [7, 11) is 0. The molecular weight excluding hydrogens is 364 g/mol. The zero-order valence-corrected chi connectivity index (χ0v) is 14.8. The van der Waals surface area contributed by atoms with Crippen molar-refractivity contribution in [2.45, 2.75) is 37.4 Å². The van der Waals surface area contributed by atoms with Gasteiger partial charge in [-0.05, 0) is 0 Å². The number of hydrogen-bond donors (Lipinski definition) is 1. The summed E-state index contributed by atoms with van der Waals surface area (Å²) in [5.41, 5.74) is 8.57. The predicted molar refractivity (Wildman–Crippen MR) is 64.7 cm³/mol. The monoisotopic (exact) mass is 383 g/mol. The van der Waals surface area contributed by atoms with E-state index in [9.17, 15) is 0 Å². The Morgan fingerprint density at radius 3 is 2.29 bits per heavy atom. The van der Waals surface area contributed by atoms with Crippen molar-refractivity contribution in [1.82, 2.24) is 0 Å². The molecule has 1 atom stereocenters. The third kappa shape index (κ3) is 7.52. The fourth-order valence-corrected chi connectivity index (χ4v) is 3.98. The number of hydrogen-bond acceptors (Lipinski definition) is 2. The third-order valence-corrected chi connectivity index (χ3v) is 5.45. The van der Waals surface area contributed by atoms with E-state index in [-0.39, 0.29) is 30.9 Å². The summed E-state index contributed by atoms with van der Waals surface area (Å²) in [4.78, 5) is 0. The van der Waals surface area contributed by atoms with Gasteiger partial charge in [0.15, 0.2) is 0 Å². The number of rotatable bonds is 5. The normalized spacial score (nSPS) is 11.1. The summed E-state index contributed by atoms with van der Waals surface area (Å²) in [6.45, 7) is 6.23. The Balaban J connectivity index is 0. The maximum atomic E-state index is 5.92. The fraction of sp³-hybridized carbons (Fsp3) is 0.500. The average Bonchev–Trinajstić information content (AvgIpc) is 2.17. The topological polar surface area (TPSA) is 35.2 Å². The summed E-state index contributed by atoms with van der Waals surface area (Å²) in [6.07, 6.45) is 0.374. The van der Waals surface area contributed by atoms with E-state index >= 15 is 0 Å². The van der Waals surface area contributed by atoms with E-state index in [0.29, 0.717) is 6.10 Å². The second-order valence-corrected chi connectivity index (χ2v) is 6.48. The Morgan fingerprint density at radius 2 is 1.76 bits per heavy atom. The van der Waals surface area contributed by atoms with Crippen LogP contribution in [0, 0.1) is 0 Å². The van der Waals surface area contributed by atoms with Crippen molar-refractivity contribution in [1.29, 1.82) is 0 Å². The van der Waals surface area contributed by atoms with Gasteiger partial charge in [0, 0.05) is 0 Å². The number of halogens is 2. The second-order valence-electron chi connectivity index (χ2n) is 3.98. The maximum absolute atomic E-state index is 5.92. The molecule has 0 fully saturated rings. The summed E-state index contributed by atoms with van der Waals surface area (Å²) in [5.74, 6) is 0. The van der Waals surface area contributed by atoms with Gasteiger partial charge in [-0.1, -0.05) is 0 Å². The van der Waals surface area contributed by atoms with Gasteiger partial charge >= 0.3 is 103 Å². The van der Waals surface area contributed by atoms with Gasteiger partial charge in [-0.15, -0.1) is 0 Å². The molecule has 5 heteroatoms.